The molecule has 1 N–H and O–H groups in total. The van der Waals surface area contributed by atoms with Crippen LogP contribution in [0.25, 0.3) is 0 Å². The molecule has 2 rings (SSSR count). The summed E-state index contributed by atoms with van der Waals surface area (Å²) < 4.78 is 2.17. The van der Waals surface area contributed by atoms with E-state index in [-0.39, 0.29) is 10.6 Å². The molecule has 0 spiro atoms. The predicted molar refractivity (Wildman–Crippen MR) is 79.9 cm³/mol. The Morgan fingerprint density at radius 3 is 2.80 bits per heavy atom. The van der Waals surface area contributed by atoms with Crippen LogP contribution in [0.2, 0.25) is 0 Å². The lowest BCUT2D eigenvalue weighted by Gasteiger charge is -2.08. The van der Waals surface area contributed by atoms with Crippen LogP contribution in [0, 0.1) is 17.0 Å². The monoisotopic (exact) mass is 273 g/mol. The molecule has 20 heavy (non-hydrogen) atoms. The van der Waals surface area contributed by atoms with E-state index in [9.17, 15) is 10.1 Å². The third kappa shape index (κ3) is 3.38. The van der Waals surface area contributed by atoms with Gasteiger partial charge in [-0.25, -0.2) is 0 Å². The molecule has 0 aliphatic rings. The number of anilines is 1. The van der Waals surface area contributed by atoms with Crippen molar-refractivity contribution in [3.05, 3.63) is 57.9 Å². The molecule has 5 heteroatoms. The summed E-state index contributed by atoms with van der Waals surface area (Å²) in [6, 6.07) is 6.96. The van der Waals surface area contributed by atoms with Gasteiger partial charge in [0.15, 0.2) is 0 Å². The first-order valence-electron chi connectivity index (χ1n) is 6.73. The Hall–Kier alpha value is -2.30. The van der Waals surface area contributed by atoms with E-state index in [1.165, 1.54) is 11.6 Å². The number of nitro benzene ring substituents is 1. The standard InChI is InChI=1S/C15H19N3O2/c1-3-7-17-8-6-13(11-17)10-16-15-5-4-14(18(19)20)9-12(15)2/h4-6,8-9,11,16H,3,7,10H2,1-2H3. The third-order valence-electron chi connectivity index (χ3n) is 3.20. The zero-order valence-electron chi connectivity index (χ0n) is 11.8. The van der Waals surface area contributed by atoms with Gasteiger partial charge in [-0.1, -0.05) is 6.92 Å². The molecule has 1 heterocycles. The van der Waals surface area contributed by atoms with Crippen LogP contribution in [0.1, 0.15) is 24.5 Å². The summed E-state index contributed by atoms with van der Waals surface area (Å²) in [5.41, 5.74) is 3.14. The lowest BCUT2D eigenvalue weighted by molar-refractivity contribution is -0.384. The highest BCUT2D eigenvalue weighted by molar-refractivity contribution is 5.55. The van der Waals surface area contributed by atoms with Gasteiger partial charge in [-0.05, 0) is 36.6 Å². The van der Waals surface area contributed by atoms with E-state index in [4.69, 9.17) is 0 Å². The molecular formula is C15H19N3O2. The van der Waals surface area contributed by atoms with Crippen molar-refractivity contribution in [2.45, 2.75) is 33.4 Å². The van der Waals surface area contributed by atoms with Crippen LogP contribution < -0.4 is 5.32 Å². The Kier molecular flexibility index (Phi) is 4.40. The van der Waals surface area contributed by atoms with E-state index >= 15 is 0 Å². The Morgan fingerprint density at radius 1 is 1.35 bits per heavy atom. The Labute approximate surface area is 118 Å². The number of aryl methyl sites for hydroxylation is 2. The minimum atomic E-state index is -0.373. The number of benzene rings is 1. The van der Waals surface area contributed by atoms with Gasteiger partial charge in [0.2, 0.25) is 0 Å². The molecular weight excluding hydrogens is 254 g/mol. The summed E-state index contributed by atoms with van der Waals surface area (Å²) in [5, 5.41) is 14.0. The fourth-order valence-corrected chi connectivity index (χ4v) is 2.15. The van der Waals surface area contributed by atoms with E-state index in [2.05, 4.69) is 35.3 Å². The fraction of sp³-hybridized carbons (Fsp3) is 0.333. The molecule has 0 saturated carbocycles. The summed E-state index contributed by atoms with van der Waals surface area (Å²) in [6.07, 6.45) is 5.31. The zero-order valence-corrected chi connectivity index (χ0v) is 11.8. The number of nitrogens with one attached hydrogen (secondary N) is 1. The minimum Gasteiger partial charge on any atom is -0.381 e. The van der Waals surface area contributed by atoms with Crippen LogP contribution in [0.5, 0.6) is 0 Å². The summed E-state index contributed by atoms with van der Waals surface area (Å²) >= 11 is 0. The first kappa shape index (κ1) is 14.1. The number of aromatic nitrogens is 1. The Morgan fingerprint density at radius 2 is 2.15 bits per heavy atom. The van der Waals surface area contributed by atoms with E-state index < -0.39 is 0 Å². The molecule has 0 saturated heterocycles. The van der Waals surface area contributed by atoms with E-state index in [1.807, 2.05) is 6.92 Å². The van der Waals surface area contributed by atoms with Gasteiger partial charge < -0.3 is 9.88 Å². The molecule has 0 aliphatic heterocycles. The van der Waals surface area contributed by atoms with E-state index in [0.29, 0.717) is 0 Å². The van der Waals surface area contributed by atoms with Gasteiger partial charge in [-0.15, -0.1) is 0 Å². The van der Waals surface area contributed by atoms with Crippen molar-refractivity contribution < 1.29 is 4.92 Å². The maximum absolute atomic E-state index is 10.7. The molecule has 1 aromatic heterocycles. The smallest absolute Gasteiger partial charge is 0.269 e. The summed E-state index contributed by atoms with van der Waals surface area (Å²) in [5.74, 6) is 0. The molecule has 5 nitrogen and oxygen atoms in total. The van der Waals surface area contributed by atoms with Crippen molar-refractivity contribution in [1.82, 2.24) is 4.57 Å². The van der Waals surface area contributed by atoms with E-state index in [0.717, 1.165) is 30.8 Å². The van der Waals surface area contributed by atoms with Crippen LogP contribution in [-0.4, -0.2) is 9.49 Å². The highest BCUT2D eigenvalue weighted by Crippen LogP contribution is 2.21. The molecule has 0 fully saturated rings. The van der Waals surface area contributed by atoms with Crippen LogP contribution in [-0.2, 0) is 13.1 Å². The number of hydrogen-bond acceptors (Lipinski definition) is 3. The molecule has 0 bridgehead atoms. The lowest BCUT2D eigenvalue weighted by Crippen LogP contribution is -2.01. The number of rotatable bonds is 6. The number of nitro groups is 1. The normalized spacial score (nSPS) is 10.5. The molecule has 0 aliphatic carbocycles. The topological polar surface area (TPSA) is 60.1 Å². The number of hydrogen-bond donors (Lipinski definition) is 1. The SMILES string of the molecule is CCCn1ccc(CNc2ccc([N+](=O)[O-])cc2C)c1. The maximum atomic E-state index is 10.7. The maximum Gasteiger partial charge on any atom is 0.269 e. The van der Waals surface area contributed by atoms with Crippen molar-refractivity contribution in [3.63, 3.8) is 0 Å². The minimum absolute atomic E-state index is 0.127. The third-order valence-corrected chi connectivity index (χ3v) is 3.20. The van der Waals surface area contributed by atoms with Gasteiger partial charge in [0.25, 0.3) is 5.69 Å². The summed E-state index contributed by atoms with van der Waals surface area (Å²) in [7, 11) is 0. The first-order valence-corrected chi connectivity index (χ1v) is 6.73. The van der Waals surface area contributed by atoms with Crippen molar-refractivity contribution in [1.29, 1.82) is 0 Å². The molecule has 0 radical (unpaired) electrons. The quantitative estimate of drug-likeness (QED) is 0.644. The number of non-ortho nitro benzene ring substituents is 1. The van der Waals surface area contributed by atoms with Crippen LogP contribution in [0.3, 0.4) is 0 Å². The highest BCUT2D eigenvalue weighted by atomic mass is 16.6. The summed E-state index contributed by atoms with van der Waals surface area (Å²) in [6.45, 7) is 5.77. The van der Waals surface area contributed by atoms with Gasteiger partial charge in [-0.2, -0.15) is 0 Å². The molecule has 0 atom stereocenters. The van der Waals surface area contributed by atoms with E-state index in [1.54, 1.807) is 12.1 Å². The van der Waals surface area contributed by atoms with Gasteiger partial charge in [0.1, 0.15) is 0 Å². The molecule has 1 aromatic carbocycles. The second-order valence-corrected chi connectivity index (χ2v) is 4.87. The van der Waals surface area contributed by atoms with Crippen molar-refractivity contribution >= 4 is 11.4 Å². The molecule has 0 unspecified atom stereocenters. The Balaban J connectivity index is 2.01. The second kappa shape index (κ2) is 6.23. The van der Waals surface area contributed by atoms with Gasteiger partial charge in [0.05, 0.1) is 4.92 Å². The van der Waals surface area contributed by atoms with Gasteiger partial charge >= 0.3 is 0 Å². The largest absolute Gasteiger partial charge is 0.381 e. The van der Waals surface area contributed by atoms with Gasteiger partial charge in [0, 0.05) is 43.3 Å². The molecule has 0 amide bonds. The van der Waals surface area contributed by atoms with Crippen molar-refractivity contribution in [2.24, 2.45) is 0 Å². The highest BCUT2D eigenvalue weighted by Gasteiger charge is 2.07. The second-order valence-electron chi connectivity index (χ2n) is 4.87. The van der Waals surface area contributed by atoms with Crippen molar-refractivity contribution in [2.75, 3.05) is 5.32 Å². The summed E-state index contributed by atoms with van der Waals surface area (Å²) in [4.78, 5) is 10.3. The van der Waals surface area contributed by atoms with Crippen molar-refractivity contribution in [3.8, 4) is 0 Å². The molecule has 106 valence electrons. The van der Waals surface area contributed by atoms with Gasteiger partial charge in [-0.3, -0.25) is 10.1 Å². The van der Waals surface area contributed by atoms with Crippen LogP contribution in [0.15, 0.2) is 36.7 Å². The van der Waals surface area contributed by atoms with Crippen LogP contribution in [0.4, 0.5) is 11.4 Å². The molecule has 2 aromatic rings. The lowest BCUT2D eigenvalue weighted by atomic mass is 10.1. The fourth-order valence-electron chi connectivity index (χ4n) is 2.15. The average molecular weight is 273 g/mol. The average Bonchev–Trinajstić information content (AvgIpc) is 2.85. The van der Waals surface area contributed by atoms with Crippen LogP contribution >= 0.6 is 0 Å². The zero-order chi connectivity index (χ0) is 14.5. The Bertz CT molecular complexity index is 605. The predicted octanol–water partition coefficient (Wildman–Crippen LogP) is 3.73. The first-order chi connectivity index (χ1) is 9.60. The number of nitrogens with zero attached hydrogens (tertiary/aromatic N) is 2.